The predicted molar refractivity (Wildman–Crippen MR) is 68.1 cm³/mol. The maximum atomic E-state index is 13.6. The summed E-state index contributed by atoms with van der Waals surface area (Å²) < 4.78 is 13.6. The summed E-state index contributed by atoms with van der Waals surface area (Å²) in [5, 5.41) is 0.811. The zero-order chi connectivity index (χ0) is 12.5. The van der Waals surface area contributed by atoms with Crippen LogP contribution in [0.4, 0.5) is 4.39 Å². The molecule has 0 atom stereocenters. The van der Waals surface area contributed by atoms with Gasteiger partial charge in [-0.05, 0) is 18.2 Å². The van der Waals surface area contributed by atoms with E-state index in [0.717, 1.165) is 10.9 Å². The van der Waals surface area contributed by atoms with Crippen LogP contribution >= 0.6 is 0 Å². The fourth-order valence-corrected chi connectivity index (χ4v) is 2.05. The summed E-state index contributed by atoms with van der Waals surface area (Å²) in [5.41, 5.74) is 1.47. The van der Waals surface area contributed by atoms with Crippen molar-refractivity contribution in [1.29, 1.82) is 0 Å². The Kier molecular flexibility index (Phi) is 2.45. The Morgan fingerprint density at radius 3 is 2.50 bits per heavy atom. The number of ketones is 1. The molecule has 0 aliphatic heterocycles. The number of aromatic nitrogens is 1. The molecule has 0 amide bonds. The van der Waals surface area contributed by atoms with Crippen LogP contribution in [0.15, 0.2) is 54.7 Å². The highest BCUT2D eigenvalue weighted by molar-refractivity contribution is 6.16. The van der Waals surface area contributed by atoms with Gasteiger partial charge in [-0.1, -0.05) is 30.3 Å². The SMILES string of the molecule is O=C(c1ccccc1F)c1c[nH]c2ccccc12. The van der Waals surface area contributed by atoms with Crippen molar-refractivity contribution in [2.75, 3.05) is 0 Å². The van der Waals surface area contributed by atoms with E-state index in [-0.39, 0.29) is 11.3 Å². The minimum atomic E-state index is -0.493. The van der Waals surface area contributed by atoms with Gasteiger partial charge in [0.05, 0.1) is 5.56 Å². The average Bonchev–Trinajstić information content (AvgIpc) is 2.82. The number of benzene rings is 2. The Labute approximate surface area is 103 Å². The minimum absolute atomic E-state index is 0.0993. The highest BCUT2D eigenvalue weighted by Crippen LogP contribution is 2.21. The maximum absolute atomic E-state index is 13.6. The third kappa shape index (κ3) is 1.61. The van der Waals surface area contributed by atoms with Crippen LogP contribution < -0.4 is 0 Å². The van der Waals surface area contributed by atoms with Gasteiger partial charge >= 0.3 is 0 Å². The second-order valence-electron chi connectivity index (χ2n) is 4.06. The number of halogens is 1. The Bertz CT molecular complexity index is 730. The summed E-state index contributed by atoms with van der Waals surface area (Å²) in [4.78, 5) is 15.3. The van der Waals surface area contributed by atoms with Crippen LogP contribution in [0.1, 0.15) is 15.9 Å². The first-order chi connectivity index (χ1) is 8.77. The molecule has 0 radical (unpaired) electrons. The average molecular weight is 239 g/mol. The predicted octanol–water partition coefficient (Wildman–Crippen LogP) is 3.54. The van der Waals surface area contributed by atoms with Crippen LogP contribution in [-0.2, 0) is 0 Å². The number of nitrogens with one attached hydrogen (secondary N) is 1. The van der Waals surface area contributed by atoms with Crippen molar-refractivity contribution in [1.82, 2.24) is 4.98 Å². The topological polar surface area (TPSA) is 32.9 Å². The Morgan fingerprint density at radius 2 is 1.67 bits per heavy atom. The first-order valence-corrected chi connectivity index (χ1v) is 5.63. The summed E-state index contributed by atoms with van der Waals surface area (Å²) >= 11 is 0. The first-order valence-electron chi connectivity index (χ1n) is 5.63. The quantitative estimate of drug-likeness (QED) is 0.682. The lowest BCUT2D eigenvalue weighted by Crippen LogP contribution is -2.03. The van der Waals surface area contributed by atoms with E-state index in [2.05, 4.69) is 4.98 Å². The number of para-hydroxylation sites is 1. The molecular formula is C15H10FNO. The van der Waals surface area contributed by atoms with Crippen molar-refractivity contribution in [3.05, 3.63) is 71.7 Å². The highest BCUT2D eigenvalue weighted by Gasteiger charge is 2.16. The van der Waals surface area contributed by atoms with E-state index in [1.54, 1.807) is 18.3 Å². The number of hydrogen-bond donors (Lipinski definition) is 1. The Hall–Kier alpha value is -2.42. The maximum Gasteiger partial charge on any atom is 0.198 e. The van der Waals surface area contributed by atoms with Gasteiger partial charge in [-0.3, -0.25) is 4.79 Å². The largest absolute Gasteiger partial charge is 0.360 e. The van der Waals surface area contributed by atoms with Crippen LogP contribution in [0.3, 0.4) is 0 Å². The number of aromatic amines is 1. The molecule has 0 saturated carbocycles. The van der Waals surface area contributed by atoms with Crippen LogP contribution in [0.5, 0.6) is 0 Å². The molecule has 0 saturated heterocycles. The molecule has 0 aliphatic carbocycles. The summed E-state index contributed by atoms with van der Waals surface area (Å²) in [6.45, 7) is 0. The lowest BCUT2D eigenvalue weighted by molar-refractivity contribution is 0.103. The number of hydrogen-bond acceptors (Lipinski definition) is 1. The molecule has 88 valence electrons. The lowest BCUT2D eigenvalue weighted by Gasteiger charge is -2.00. The monoisotopic (exact) mass is 239 g/mol. The first kappa shape index (κ1) is 10.7. The highest BCUT2D eigenvalue weighted by atomic mass is 19.1. The molecule has 0 unspecified atom stereocenters. The molecule has 18 heavy (non-hydrogen) atoms. The smallest absolute Gasteiger partial charge is 0.198 e. The van der Waals surface area contributed by atoms with Crippen molar-refractivity contribution in [2.45, 2.75) is 0 Å². The molecule has 3 heteroatoms. The molecule has 0 aliphatic rings. The minimum Gasteiger partial charge on any atom is -0.360 e. The van der Waals surface area contributed by atoms with Gasteiger partial charge < -0.3 is 4.98 Å². The summed E-state index contributed by atoms with van der Waals surface area (Å²) in [6, 6.07) is 13.5. The number of fused-ring (bicyclic) bond motifs is 1. The molecule has 2 nitrogen and oxygen atoms in total. The standard InChI is InChI=1S/C15H10FNO/c16-13-7-3-1-6-11(13)15(18)12-9-17-14-8-4-2-5-10(12)14/h1-9,17H. The molecule has 1 N–H and O–H groups in total. The van der Waals surface area contributed by atoms with Crippen molar-refractivity contribution in [2.24, 2.45) is 0 Å². The van der Waals surface area contributed by atoms with Gasteiger partial charge in [-0.15, -0.1) is 0 Å². The lowest BCUT2D eigenvalue weighted by atomic mass is 10.0. The molecule has 3 aromatic rings. The van der Waals surface area contributed by atoms with E-state index in [9.17, 15) is 9.18 Å². The summed E-state index contributed by atoms with van der Waals surface area (Å²) in [5.74, 6) is -0.793. The van der Waals surface area contributed by atoms with Crippen molar-refractivity contribution < 1.29 is 9.18 Å². The van der Waals surface area contributed by atoms with E-state index < -0.39 is 5.82 Å². The molecule has 1 heterocycles. The van der Waals surface area contributed by atoms with E-state index in [1.807, 2.05) is 24.3 Å². The van der Waals surface area contributed by atoms with Gasteiger partial charge in [-0.25, -0.2) is 4.39 Å². The molecule has 0 fully saturated rings. The third-order valence-electron chi connectivity index (χ3n) is 2.95. The molecule has 0 spiro atoms. The van der Waals surface area contributed by atoms with Crippen LogP contribution in [-0.4, -0.2) is 10.8 Å². The van der Waals surface area contributed by atoms with Gasteiger partial charge in [0.1, 0.15) is 5.82 Å². The van der Waals surface area contributed by atoms with Gasteiger partial charge in [-0.2, -0.15) is 0 Å². The van der Waals surface area contributed by atoms with Gasteiger partial charge in [0.25, 0.3) is 0 Å². The third-order valence-corrected chi connectivity index (χ3v) is 2.95. The van der Waals surface area contributed by atoms with Gasteiger partial charge in [0.2, 0.25) is 0 Å². The second-order valence-corrected chi connectivity index (χ2v) is 4.06. The fourth-order valence-electron chi connectivity index (χ4n) is 2.05. The van der Waals surface area contributed by atoms with E-state index in [4.69, 9.17) is 0 Å². The number of carbonyl (C=O) groups is 1. The van der Waals surface area contributed by atoms with Gasteiger partial charge in [0, 0.05) is 22.7 Å². The molecule has 0 bridgehead atoms. The van der Waals surface area contributed by atoms with E-state index >= 15 is 0 Å². The van der Waals surface area contributed by atoms with E-state index in [1.165, 1.54) is 12.1 Å². The molecule has 3 rings (SSSR count). The summed E-state index contributed by atoms with van der Waals surface area (Å²) in [6.07, 6.45) is 1.62. The molecule has 2 aromatic carbocycles. The van der Waals surface area contributed by atoms with Crippen molar-refractivity contribution >= 4 is 16.7 Å². The van der Waals surface area contributed by atoms with Crippen LogP contribution in [0, 0.1) is 5.82 Å². The second kappa shape index (κ2) is 4.11. The van der Waals surface area contributed by atoms with Crippen LogP contribution in [0.25, 0.3) is 10.9 Å². The van der Waals surface area contributed by atoms with E-state index in [0.29, 0.717) is 5.56 Å². The van der Waals surface area contributed by atoms with Crippen molar-refractivity contribution in [3.63, 3.8) is 0 Å². The molecule has 1 aromatic heterocycles. The fraction of sp³-hybridized carbons (Fsp3) is 0. The van der Waals surface area contributed by atoms with Crippen molar-refractivity contribution in [3.8, 4) is 0 Å². The van der Waals surface area contributed by atoms with Crippen LogP contribution in [0.2, 0.25) is 0 Å². The molecular weight excluding hydrogens is 229 g/mol. The zero-order valence-electron chi connectivity index (χ0n) is 9.48. The number of carbonyl (C=O) groups excluding carboxylic acids is 1. The Balaban J connectivity index is 2.16. The summed E-state index contributed by atoms with van der Waals surface area (Å²) in [7, 11) is 0. The van der Waals surface area contributed by atoms with Gasteiger partial charge in [0.15, 0.2) is 5.78 Å². The number of rotatable bonds is 2. The normalized spacial score (nSPS) is 10.7. The zero-order valence-corrected chi connectivity index (χ0v) is 9.48. The Morgan fingerprint density at radius 1 is 0.944 bits per heavy atom. The number of H-pyrrole nitrogens is 1.